The Morgan fingerprint density at radius 2 is 1.94 bits per heavy atom. The third-order valence-corrected chi connectivity index (χ3v) is 9.76. The van der Waals surface area contributed by atoms with Gasteiger partial charge < -0.3 is 4.74 Å². The molecule has 1 unspecified atom stereocenters. The van der Waals surface area contributed by atoms with Crippen molar-refractivity contribution in [3.05, 3.63) is 72.0 Å². The van der Waals surface area contributed by atoms with Crippen molar-refractivity contribution < 1.29 is 17.5 Å². The number of aryl methyl sites for hydroxylation is 1. The predicted molar refractivity (Wildman–Crippen MR) is 136 cm³/mol. The number of halogens is 1. The summed E-state index contributed by atoms with van der Waals surface area (Å²) in [6, 6.07) is 18.6. The maximum Gasteiger partial charge on any atom is 0.250 e. The molecule has 3 aromatic carbocycles. The Morgan fingerprint density at radius 1 is 1.12 bits per heavy atom. The van der Waals surface area contributed by atoms with E-state index in [0.29, 0.717) is 24.1 Å². The first kappa shape index (κ1) is 23.2. The first-order valence-corrected chi connectivity index (χ1v) is 13.7. The lowest BCUT2D eigenvalue weighted by molar-refractivity contribution is 0.234. The van der Waals surface area contributed by atoms with Crippen LogP contribution >= 0.6 is 11.3 Å². The topological polar surface area (TPSA) is 58.6 Å². The molecule has 1 atom stereocenters. The minimum Gasteiger partial charge on any atom is -0.492 e. The van der Waals surface area contributed by atoms with E-state index in [9.17, 15) is 12.8 Å². The van der Waals surface area contributed by atoms with Crippen molar-refractivity contribution in [2.45, 2.75) is 17.6 Å². The molecular formula is C26H27FN2O3S2. The van der Waals surface area contributed by atoms with E-state index in [-0.39, 0.29) is 15.9 Å². The molecule has 1 aliphatic heterocycles. The minimum atomic E-state index is -3.64. The third-order valence-electron chi connectivity index (χ3n) is 6.45. The monoisotopic (exact) mass is 498 g/mol. The standard InChI is InChI=1S/C26H27FN2O3S2/c1-18-23-15-21(27)9-10-25(23)33-26(18)34(30,31)28-16-19-11-12-29(17-19)13-14-32-24-8-4-6-20-5-2-3-7-22(20)24/h2-10,15,19,28H,11-14,16-17H2,1H3. The van der Waals surface area contributed by atoms with E-state index in [1.807, 2.05) is 24.3 Å². The van der Waals surface area contributed by atoms with Crippen LogP contribution in [0.2, 0.25) is 0 Å². The SMILES string of the molecule is Cc1c(S(=O)(=O)NCC2CCN(CCOc3cccc4ccccc34)C2)sc2ccc(F)cc12. The van der Waals surface area contributed by atoms with Gasteiger partial charge in [-0.05, 0) is 66.4 Å². The van der Waals surface area contributed by atoms with Gasteiger partial charge in [0.1, 0.15) is 22.4 Å². The molecule has 5 nitrogen and oxygen atoms in total. The van der Waals surface area contributed by atoms with E-state index in [1.54, 1.807) is 13.0 Å². The van der Waals surface area contributed by atoms with Gasteiger partial charge in [0.25, 0.3) is 0 Å². The highest BCUT2D eigenvalue weighted by Gasteiger charge is 2.26. The van der Waals surface area contributed by atoms with Gasteiger partial charge >= 0.3 is 0 Å². The van der Waals surface area contributed by atoms with Crippen molar-refractivity contribution in [1.82, 2.24) is 9.62 Å². The fourth-order valence-electron chi connectivity index (χ4n) is 4.61. The van der Waals surface area contributed by atoms with Crippen LogP contribution in [0.25, 0.3) is 20.9 Å². The number of fused-ring (bicyclic) bond motifs is 2. The predicted octanol–water partition coefficient (Wildman–Crippen LogP) is 5.18. The quantitative estimate of drug-likeness (QED) is 0.364. The number of hydrogen-bond donors (Lipinski definition) is 1. The molecule has 5 rings (SSSR count). The summed E-state index contributed by atoms with van der Waals surface area (Å²) in [7, 11) is -3.64. The molecule has 1 aromatic heterocycles. The van der Waals surface area contributed by atoms with Crippen molar-refractivity contribution in [2.24, 2.45) is 5.92 Å². The zero-order valence-corrected chi connectivity index (χ0v) is 20.6. The summed E-state index contributed by atoms with van der Waals surface area (Å²) in [5, 5.41) is 2.93. The van der Waals surface area contributed by atoms with E-state index >= 15 is 0 Å². The average molecular weight is 499 g/mol. The van der Waals surface area contributed by atoms with Crippen molar-refractivity contribution in [3.8, 4) is 5.75 Å². The zero-order valence-electron chi connectivity index (χ0n) is 19.0. The fraction of sp³-hybridized carbons (Fsp3) is 0.308. The molecule has 8 heteroatoms. The van der Waals surface area contributed by atoms with E-state index in [0.717, 1.165) is 47.3 Å². The summed E-state index contributed by atoms with van der Waals surface area (Å²) in [5.74, 6) is 0.778. The molecule has 0 bridgehead atoms. The summed E-state index contributed by atoms with van der Waals surface area (Å²) in [6.07, 6.45) is 0.938. The van der Waals surface area contributed by atoms with Crippen LogP contribution < -0.4 is 9.46 Å². The van der Waals surface area contributed by atoms with E-state index in [4.69, 9.17) is 4.74 Å². The Kier molecular flexibility index (Phi) is 6.57. The highest BCUT2D eigenvalue weighted by Crippen LogP contribution is 2.34. The highest BCUT2D eigenvalue weighted by molar-refractivity contribution is 7.91. The number of rotatable bonds is 8. The Hall–Kier alpha value is -2.52. The molecule has 1 saturated heterocycles. The molecule has 0 spiro atoms. The first-order chi connectivity index (χ1) is 16.4. The zero-order chi connectivity index (χ0) is 23.7. The lowest BCUT2D eigenvalue weighted by Gasteiger charge is -2.17. The molecule has 1 N–H and O–H groups in total. The molecule has 0 amide bonds. The molecule has 0 radical (unpaired) electrons. The van der Waals surface area contributed by atoms with Gasteiger partial charge in [0.2, 0.25) is 10.0 Å². The van der Waals surface area contributed by atoms with Crippen molar-refractivity contribution in [1.29, 1.82) is 0 Å². The van der Waals surface area contributed by atoms with Crippen LogP contribution in [0, 0.1) is 18.7 Å². The van der Waals surface area contributed by atoms with E-state index in [2.05, 4.69) is 27.8 Å². The van der Waals surface area contributed by atoms with Crippen LogP contribution in [0.1, 0.15) is 12.0 Å². The third kappa shape index (κ3) is 4.81. The smallest absolute Gasteiger partial charge is 0.250 e. The van der Waals surface area contributed by atoms with Gasteiger partial charge in [-0.3, -0.25) is 4.90 Å². The largest absolute Gasteiger partial charge is 0.492 e. The molecule has 34 heavy (non-hydrogen) atoms. The van der Waals surface area contributed by atoms with Crippen molar-refractivity contribution in [3.63, 3.8) is 0 Å². The van der Waals surface area contributed by atoms with Crippen LogP contribution in [0.3, 0.4) is 0 Å². The summed E-state index contributed by atoms with van der Waals surface area (Å²) in [5.41, 5.74) is 0.602. The van der Waals surface area contributed by atoms with Gasteiger partial charge in [-0.25, -0.2) is 17.5 Å². The van der Waals surface area contributed by atoms with Crippen molar-refractivity contribution in [2.75, 3.05) is 32.8 Å². The number of likely N-dealkylation sites (tertiary alicyclic amines) is 1. The van der Waals surface area contributed by atoms with E-state index in [1.165, 1.54) is 23.5 Å². The lowest BCUT2D eigenvalue weighted by atomic mass is 10.1. The second-order valence-corrected chi connectivity index (χ2v) is 11.8. The van der Waals surface area contributed by atoms with Gasteiger partial charge in [-0.15, -0.1) is 11.3 Å². The normalized spacial score (nSPS) is 17.1. The van der Waals surface area contributed by atoms with Crippen molar-refractivity contribution >= 4 is 42.2 Å². The summed E-state index contributed by atoms with van der Waals surface area (Å²) in [6.45, 7) is 5.27. The summed E-state index contributed by atoms with van der Waals surface area (Å²) in [4.78, 5) is 2.32. The molecular weight excluding hydrogens is 471 g/mol. The lowest BCUT2D eigenvalue weighted by Crippen LogP contribution is -2.32. The Balaban J connectivity index is 1.14. The minimum absolute atomic E-state index is 0.249. The number of benzene rings is 3. The van der Waals surface area contributed by atoms with Crippen LogP contribution in [-0.2, 0) is 10.0 Å². The second kappa shape index (κ2) is 9.62. The molecule has 4 aromatic rings. The number of hydrogen-bond acceptors (Lipinski definition) is 5. The number of thiophene rings is 1. The molecule has 0 aliphatic carbocycles. The average Bonchev–Trinajstić information content (AvgIpc) is 3.42. The Bertz CT molecular complexity index is 1430. The number of nitrogens with one attached hydrogen (secondary N) is 1. The maximum atomic E-state index is 13.6. The highest BCUT2D eigenvalue weighted by atomic mass is 32.2. The molecule has 178 valence electrons. The Labute approximate surface area is 203 Å². The van der Waals surface area contributed by atoms with Crippen LogP contribution in [0.15, 0.2) is 64.9 Å². The molecule has 2 heterocycles. The van der Waals surface area contributed by atoms with Gasteiger partial charge in [0.15, 0.2) is 0 Å². The van der Waals surface area contributed by atoms with Gasteiger partial charge in [-0.2, -0.15) is 0 Å². The molecule has 0 saturated carbocycles. The Morgan fingerprint density at radius 3 is 2.82 bits per heavy atom. The summed E-state index contributed by atoms with van der Waals surface area (Å²) >= 11 is 1.19. The number of ether oxygens (including phenoxy) is 1. The maximum absolute atomic E-state index is 13.6. The number of sulfonamides is 1. The molecule has 1 fully saturated rings. The van der Waals surface area contributed by atoms with Gasteiger partial charge in [0.05, 0.1) is 0 Å². The molecule has 1 aliphatic rings. The van der Waals surface area contributed by atoms with Gasteiger partial charge in [0, 0.05) is 29.7 Å². The van der Waals surface area contributed by atoms with Crippen LogP contribution in [0.4, 0.5) is 4.39 Å². The summed E-state index contributed by atoms with van der Waals surface area (Å²) < 4.78 is 49.4. The second-order valence-electron chi connectivity index (χ2n) is 8.79. The fourth-order valence-corrected chi connectivity index (χ4v) is 7.51. The number of nitrogens with zero attached hydrogens (tertiary/aromatic N) is 1. The van der Waals surface area contributed by atoms with Gasteiger partial charge in [-0.1, -0.05) is 36.4 Å². The first-order valence-electron chi connectivity index (χ1n) is 11.4. The van der Waals surface area contributed by atoms with E-state index < -0.39 is 10.0 Å². The van der Waals surface area contributed by atoms with Crippen LogP contribution in [0.5, 0.6) is 5.75 Å². The van der Waals surface area contributed by atoms with Crippen LogP contribution in [-0.4, -0.2) is 46.1 Å².